The molecule has 140 valence electrons. The zero-order chi connectivity index (χ0) is 17.7. The molecule has 0 rings (SSSR count). The molecule has 0 bridgehead atoms. The number of hydrogen-bond acceptors (Lipinski definition) is 6. The lowest BCUT2D eigenvalue weighted by atomic mass is 10.3. The fourth-order valence-corrected chi connectivity index (χ4v) is 4.34. The predicted molar refractivity (Wildman–Crippen MR) is 99.0 cm³/mol. The molecule has 0 aliphatic heterocycles. The van der Waals surface area contributed by atoms with E-state index in [9.17, 15) is 0 Å². The molecular formula is C16H39N3O3Si. The van der Waals surface area contributed by atoms with Crippen LogP contribution in [0.2, 0.25) is 6.04 Å². The van der Waals surface area contributed by atoms with Crippen LogP contribution >= 0.6 is 0 Å². The lowest BCUT2D eigenvalue weighted by molar-refractivity contribution is 0.121. The highest BCUT2D eigenvalue weighted by atomic mass is 28.4. The van der Waals surface area contributed by atoms with Crippen LogP contribution in [0.25, 0.3) is 0 Å². The van der Waals surface area contributed by atoms with Gasteiger partial charge in [-0.05, 0) is 80.2 Å². The average Bonchev–Trinajstić information content (AvgIpc) is 2.51. The quantitative estimate of drug-likeness (QED) is 0.417. The minimum absolute atomic E-state index is 0.869. The summed E-state index contributed by atoms with van der Waals surface area (Å²) < 4.78 is 16.5. The van der Waals surface area contributed by atoms with Crippen molar-refractivity contribution < 1.29 is 13.3 Å². The van der Waals surface area contributed by atoms with E-state index in [4.69, 9.17) is 13.3 Å². The summed E-state index contributed by atoms with van der Waals surface area (Å²) in [6.45, 7) is 5.64. The van der Waals surface area contributed by atoms with Crippen molar-refractivity contribution in [2.45, 2.75) is 25.3 Å². The van der Waals surface area contributed by atoms with Crippen molar-refractivity contribution in [1.29, 1.82) is 0 Å². The molecule has 7 heteroatoms. The van der Waals surface area contributed by atoms with E-state index in [1.807, 2.05) is 0 Å². The summed E-state index contributed by atoms with van der Waals surface area (Å²) in [5, 5.41) is 0. The van der Waals surface area contributed by atoms with Crippen molar-refractivity contribution in [1.82, 2.24) is 14.7 Å². The Labute approximate surface area is 145 Å². The first kappa shape index (κ1) is 23.0. The summed E-state index contributed by atoms with van der Waals surface area (Å²) in [6, 6.07) is 0.869. The van der Waals surface area contributed by atoms with Crippen LogP contribution in [-0.2, 0) is 13.3 Å². The maximum atomic E-state index is 5.51. The van der Waals surface area contributed by atoms with Gasteiger partial charge in [-0.2, -0.15) is 0 Å². The smallest absolute Gasteiger partial charge is 0.377 e. The van der Waals surface area contributed by atoms with Crippen LogP contribution in [0.1, 0.15) is 19.3 Å². The summed E-state index contributed by atoms with van der Waals surface area (Å²) in [6.07, 6.45) is 3.46. The molecule has 0 aliphatic rings. The molecule has 0 saturated carbocycles. The Kier molecular flexibility index (Phi) is 13.3. The summed E-state index contributed by atoms with van der Waals surface area (Å²) in [7, 11) is 11.2. The molecule has 0 saturated heterocycles. The van der Waals surface area contributed by atoms with Crippen molar-refractivity contribution in [3.8, 4) is 0 Å². The van der Waals surface area contributed by atoms with Gasteiger partial charge in [0.05, 0.1) is 0 Å². The fourth-order valence-electron chi connectivity index (χ4n) is 2.63. The van der Waals surface area contributed by atoms with E-state index in [2.05, 4.69) is 42.9 Å². The molecular weight excluding hydrogens is 310 g/mol. The van der Waals surface area contributed by atoms with Crippen molar-refractivity contribution >= 4 is 8.80 Å². The monoisotopic (exact) mass is 349 g/mol. The van der Waals surface area contributed by atoms with E-state index in [0.29, 0.717) is 0 Å². The van der Waals surface area contributed by atoms with Crippen LogP contribution in [0.3, 0.4) is 0 Å². The zero-order valence-electron chi connectivity index (χ0n) is 16.4. The molecule has 0 aromatic rings. The maximum Gasteiger partial charge on any atom is 0.500 e. The largest absolute Gasteiger partial charge is 0.500 e. The van der Waals surface area contributed by atoms with Crippen LogP contribution < -0.4 is 0 Å². The van der Waals surface area contributed by atoms with E-state index in [-0.39, 0.29) is 0 Å². The van der Waals surface area contributed by atoms with Gasteiger partial charge < -0.3 is 28.0 Å². The Morgan fingerprint density at radius 1 is 0.609 bits per heavy atom. The average molecular weight is 350 g/mol. The zero-order valence-corrected chi connectivity index (χ0v) is 17.4. The molecule has 0 aromatic heterocycles. The van der Waals surface area contributed by atoms with Crippen molar-refractivity contribution in [3.05, 3.63) is 0 Å². The minimum atomic E-state index is -2.43. The Balaban J connectivity index is 4.26. The Morgan fingerprint density at radius 2 is 1.00 bits per heavy atom. The van der Waals surface area contributed by atoms with Gasteiger partial charge in [-0.3, -0.25) is 0 Å². The highest BCUT2D eigenvalue weighted by Gasteiger charge is 2.36. The van der Waals surface area contributed by atoms with Gasteiger partial charge in [-0.25, -0.2) is 0 Å². The van der Waals surface area contributed by atoms with Crippen LogP contribution in [0.15, 0.2) is 0 Å². The van der Waals surface area contributed by atoms with E-state index < -0.39 is 8.80 Å². The first-order valence-electron chi connectivity index (χ1n) is 8.56. The van der Waals surface area contributed by atoms with E-state index in [0.717, 1.165) is 45.2 Å². The second kappa shape index (κ2) is 13.3. The van der Waals surface area contributed by atoms with Gasteiger partial charge in [0.2, 0.25) is 0 Å². The molecule has 6 nitrogen and oxygen atoms in total. The third-order valence-electron chi connectivity index (χ3n) is 4.05. The third kappa shape index (κ3) is 11.2. The van der Waals surface area contributed by atoms with Gasteiger partial charge in [-0.1, -0.05) is 0 Å². The van der Waals surface area contributed by atoms with Gasteiger partial charge in [-0.15, -0.1) is 0 Å². The van der Waals surface area contributed by atoms with Gasteiger partial charge in [0, 0.05) is 27.4 Å². The minimum Gasteiger partial charge on any atom is -0.377 e. The first-order valence-corrected chi connectivity index (χ1v) is 10.5. The molecule has 0 atom stereocenters. The molecule has 0 aliphatic carbocycles. The topological polar surface area (TPSA) is 37.4 Å². The van der Waals surface area contributed by atoms with Crippen molar-refractivity contribution in [2.24, 2.45) is 0 Å². The van der Waals surface area contributed by atoms with Crippen LogP contribution in [0, 0.1) is 0 Å². The molecule has 0 spiro atoms. The summed E-state index contributed by atoms with van der Waals surface area (Å²) in [4.78, 5) is 7.06. The number of hydrogen-bond donors (Lipinski definition) is 0. The summed E-state index contributed by atoms with van der Waals surface area (Å²) in [5.41, 5.74) is 0. The normalized spacial score (nSPS) is 12.8. The van der Waals surface area contributed by atoms with Gasteiger partial charge in [0.15, 0.2) is 0 Å². The standard InChI is InChI=1S/C16H39N3O3Si/c1-17(2)11-8-13-19(14-9-12-18(3)4)15-10-16-23(20-5,21-6)22-7/h8-16H2,1-7H3. The molecule has 0 fully saturated rings. The molecule has 0 N–H and O–H groups in total. The van der Waals surface area contributed by atoms with Gasteiger partial charge in [0.1, 0.15) is 0 Å². The third-order valence-corrected chi connectivity index (χ3v) is 6.88. The van der Waals surface area contributed by atoms with E-state index >= 15 is 0 Å². The molecule has 0 unspecified atom stereocenters. The number of nitrogens with zero attached hydrogens (tertiary/aromatic N) is 3. The maximum absolute atomic E-state index is 5.51. The highest BCUT2D eigenvalue weighted by Crippen LogP contribution is 2.15. The van der Waals surface area contributed by atoms with Gasteiger partial charge in [0.25, 0.3) is 0 Å². The van der Waals surface area contributed by atoms with Crippen LogP contribution in [0.5, 0.6) is 0 Å². The Hall–Kier alpha value is -0.0231. The lowest BCUT2D eigenvalue weighted by Gasteiger charge is -2.27. The second-order valence-corrected chi connectivity index (χ2v) is 9.65. The van der Waals surface area contributed by atoms with Crippen LogP contribution in [0.4, 0.5) is 0 Å². The van der Waals surface area contributed by atoms with Crippen LogP contribution in [-0.4, -0.2) is 106 Å². The first-order chi connectivity index (χ1) is 10.9. The van der Waals surface area contributed by atoms with E-state index in [1.54, 1.807) is 21.3 Å². The van der Waals surface area contributed by atoms with Gasteiger partial charge >= 0.3 is 8.80 Å². The SMILES string of the molecule is CO[Si](CCCN(CCCN(C)C)CCCN(C)C)(OC)OC. The molecule has 0 amide bonds. The Morgan fingerprint density at radius 3 is 1.35 bits per heavy atom. The summed E-state index contributed by atoms with van der Waals surface area (Å²) in [5.74, 6) is 0. The second-order valence-electron chi connectivity index (χ2n) is 6.55. The van der Waals surface area contributed by atoms with Crippen molar-refractivity contribution in [2.75, 3.05) is 82.2 Å². The van der Waals surface area contributed by atoms with Crippen molar-refractivity contribution in [3.63, 3.8) is 0 Å². The van der Waals surface area contributed by atoms with E-state index in [1.165, 1.54) is 12.8 Å². The number of rotatable bonds is 15. The summed E-state index contributed by atoms with van der Waals surface area (Å²) >= 11 is 0. The lowest BCUT2D eigenvalue weighted by Crippen LogP contribution is -2.43. The fraction of sp³-hybridized carbons (Fsp3) is 1.00. The predicted octanol–water partition coefficient (Wildman–Crippen LogP) is 1.46. The molecule has 0 radical (unpaired) electrons. The molecule has 0 heterocycles. The molecule has 0 aromatic carbocycles. The highest BCUT2D eigenvalue weighted by molar-refractivity contribution is 6.60. The Bertz CT molecular complexity index is 255. The molecule has 23 heavy (non-hydrogen) atoms.